The van der Waals surface area contributed by atoms with Gasteiger partial charge in [-0.15, -0.1) is 0 Å². The van der Waals surface area contributed by atoms with E-state index in [2.05, 4.69) is 0 Å². The van der Waals surface area contributed by atoms with Crippen LogP contribution < -0.4 is 10.2 Å². The minimum absolute atomic E-state index is 0.0255. The SMILES string of the molecule is CC1COc2cc(C(=O)NO)ccc2CN1C(=O)CC(C)(C)O. The van der Waals surface area contributed by atoms with E-state index < -0.39 is 11.5 Å². The summed E-state index contributed by atoms with van der Waals surface area (Å²) in [6.45, 7) is 5.69. The van der Waals surface area contributed by atoms with Gasteiger partial charge >= 0.3 is 0 Å². The number of amides is 2. The largest absolute Gasteiger partial charge is 0.491 e. The molecule has 1 aliphatic rings. The Bertz CT molecular complexity index is 609. The molecule has 1 unspecified atom stereocenters. The van der Waals surface area contributed by atoms with Crippen LogP contribution in [0.4, 0.5) is 0 Å². The van der Waals surface area contributed by atoms with Crippen LogP contribution in [0.1, 0.15) is 43.1 Å². The van der Waals surface area contributed by atoms with E-state index in [1.165, 1.54) is 6.07 Å². The maximum absolute atomic E-state index is 12.4. The maximum atomic E-state index is 12.4. The lowest BCUT2D eigenvalue weighted by Gasteiger charge is -2.29. The second kappa shape index (κ2) is 6.55. The van der Waals surface area contributed by atoms with Crippen molar-refractivity contribution in [1.82, 2.24) is 10.4 Å². The van der Waals surface area contributed by atoms with Crippen LogP contribution in [0.2, 0.25) is 0 Å². The molecule has 126 valence electrons. The molecular weight excluding hydrogens is 300 g/mol. The Hall–Kier alpha value is -2.12. The van der Waals surface area contributed by atoms with Gasteiger partial charge in [0.25, 0.3) is 5.91 Å². The van der Waals surface area contributed by atoms with Crippen LogP contribution in [0.25, 0.3) is 0 Å². The van der Waals surface area contributed by atoms with E-state index in [-0.39, 0.29) is 30.5 Å². The number of nitrogens with one attached hydrogen (secondary N) is 1. The standard InChI is InChI=1S/C16H22N2O5/c1-10-9-23-13-6-11(15(20)17-22)4-5-12(13)8-18(10)14(19)7-16(2,3)21/h4-6,10,21-22H,7-9H2,1-3H3,(H,17,20). The smallest absolute Gasteiger partial charge is 0.274 e. The van der Waals surface area contributed by atoms with Crippen LogP contribution >= 0.6 is 0 Å². The number of aliphatic hydroxyl groups is 1. The zero-order valence-electron chi connectivity index (χ0n) is 13.5. The van der Waals surface area contributed by atoms with Crippen molar-refractivity contribution >= 4 is 11.8 Å². The van der Waals surface area contributed by atoms with Gasteiger partial charge in [0.15, 0.2) is 0 Å². The summed E-state index contributed by atoms with van der Waals surface area (Å²) in [6, 6.07) is 4.63. The first kappa shape index (κ1) is 17.2. The molecule has 0 bridgehead atoms. The van der Waals surface area contributed by atoms with Crippen LogP contribution in [0.3, 0.4) is 0 Å². The topological polar surface area (TPSA) is 99.1 Å². The first-order chi connectivity index (χ1) is 10.7. The predicted molar refractivity (Wildman–Crippen MR) is 82.1 cm³/mol. The molecule has 0 saturated heterocycles. The molecule has 0 saturated carbocycles. The Morgan fingerprint density at radius 1 is 1.43 bits per heavy atom. The van der Waals surface area contributed by atoms with E-state index in [9.17, 15) is 14.7 Å². The molecule has 1 atom stereocenters. The van der Waals surface area contributed by atoms with E-state index >= 15 is 0 Å². The van der Waals surface area contributed by atoms with E-state index in [4.69, 9.17) is 9.94 Å². The van der Waals surface area contributed by atoms with Gasteiger partial charge in [-0.25, -0.2) is 5.48 Å². The minimum atomic E-state index is -1.07. The Kier molecular flexibility index (Phi) is 4.91. The van der Waals surface area contributed by atoms with E-state index in [1.54, 1.807) is 36.4 Å². The van der Waals surface area contributed by atoms with Gasteiger partial charge in [-0.3, -0.25) is 14.8 Å². The molecule has 0 spiro atoms. The van der Waals surface area contributed by atoms with Gasteiger partial charge in [0.2, 0.25) is 5.91 Å². The summed E-state index contributed by atoms with van der Waals surface area (Å²) in [6.07, 6.45) is 0.0255. The normalized spacial score (nSPS) is 17.8. The highest BCUT2D eigenvalue weighted by Crippen LogP contribution is 2.27. The average molecular weight is 322 g/mol. The van der Waals surface area contributed by atoms with Crippen molar-refractivity contribution in [1.29, 1.82) is 0 Å². The number of hydrogen-bond acceptors (Lipinski definition) is 5. The van der Waals surface area contributed by atoms with Gasteiger partial charge in [-0.2, -0.15) is 0 Å². The molecule has 7 heteroatoms. The number of hydroxylamine groups is 1. The van der Waals surface area contributed by atoms with Crippen molar-refractivity contribution in [3.8, 4) is 5.75 Å². The highest BCUT2D eigenvalue weighted by Gasteiger charge is 2.29. The minimum Gasteiger partial charge on any atom is -0.491 e. The van der Waals surface area contributed by atoms with Crippen LogP contribution in [0, 0.1) is 0 Å². The van der Waals surface area contributed by atoms with Gasteiger partial charge in [0, 0.05) is 17.7 Å². The molecule has 0 aliphatic carbocycles. The highest BCUT2D eigenvalue weighted by atomic mass is 16.5. The fraction of sp³-hybridized carbons (Fsp3) is 0.500. The highest BCUT2D eigenvalue weighted by molar-refractivity contribution is 5.93. The molecule has 0 aromatic heterocycles. The Morgan fingerprint density at radius 3 is 2.74 bits per heavy atom. The van der Waals surface area contributed by atoms with Crippen molar-refractivity contribution in [2.45, 2.75) is 45.4 Å². The molecule has 2 amide bonds. The summed E-state index contributed by atoms with van der Waals surface area (Å²) in [7, 11) is 0. The molecule has 7 nitrogen and oxygen atoms in total. The van der Waals surface area contributed by atoms with Crippen LogP contribution in [0.15, 0.2) is 18.2 Å². The maximum Gasteiger partial charge on any atom is 0.274 e. The number of ether oxygens (including phenoxy) is 1. The third-order valence-electron chi connectivity index (χ3n) is 3.69. The number of hydrogen-bond donors (Lipinski definition) is 3. The molecule has 0 radical (unpaired) electrons. The van der Waals surface area contributed by atoms with E-state index in [0.29, 0.717) is 12.3 Å². The summed E-state index contributed by atoms with van der Waals surface area (Å²) in [5.74, 6) is -0.265. The second-order valence-electron chi connectivity index (χ2n) is 6.43. The monoisotopic (exact) mass is 322 g/mol. The first-order valence-corrected chi connectivity index (χ1v) is 7.43. The fourth-order valence-corrected chi connectivity index (χ4v) is 2.47. The third-order valence-corrected chi connectivity index (χ3v) is 3.69. The number of rotatable bonds is 3. The summed E-state index contributed by atoms with van der Waals surface area (Å²) in [5, 5.41) is 18.5. The molecule has 2 rings (SSSR count). The van der Waals surface area contributed by atoms with Crippen molar-refractivity contribution in [3.05, 3.63) is 29.3 Å². The Balaban J connectivity index is 2.24. The second-order valence-corrected chi connectivity index (χ2v) is 6.43. The number of carbonyl (C=O) groups excluding carboxylic acids is 2. The summed E-state index contributed by atoms with van der Waals surface area (Å²) in [5.41, 5.74) is 1.55. The van der Waals surface area contributed by atoms with Crippen LogP contribution in [-0.4, -0.2) is 45.3 Å². The lowest BCUT2D eigenvalue weighted by Crippen LogP contribution is -2.42. The van der Waals surface area contributed by atoms with Crippen molar-refractivity contribution < 1.29 is 24.6 Å². The molecule has 23 heavy (non-hydrogen) atoms. The summed E-state index contributed by atoms with van der Waals surface area (Å²) >= 11 is 0. The lowest BCUT2D eigenvalue weighted by atomic mass is 10.0. The molecule has 1 aromatic rings. The molecule has 1 heterocycles. The number of fused-ring (bicyclic) bond motifs is 1. The van der Waals surface area contributed by atoms with Gasteiger partial charge in [-0.1, -0.05) is 6.07 Å². The number of benzene rings is 1. The number of nitrogens with zero attached hydrogens (tertiary/aromatic N) is 1. The third kappa shape index (κ3) is 4.20. The zero-order valence-corrected chi connectivity index (χ0v) is 13.5. The first-order valence-electron chi connectivity index (χ1n) is 7.43. The van der Waals surface area contributed by atoms with E-state index in [0.717, 1.165) is 5.56 Å². The fourth-order valence-electron chi connectivity index (χ4n) is 2.47. The molecule has 1 aromatic carbocycles. The summed E-state index contributed by atoms with van der Waals surface area (Å²) < 4.78 is 5.69. The Morgan fingerprint density at radius 2 is 2.13 bits per heavy atom. The molecule has 0 fully saturated rings. The van der Waals surface area contributed by atoms with Crippen molar-refractivity contribution in [2.24, 2.45) is 0 Å². The van der Waals surface area contributed by atoms with Crippen LogP contribution in [0.5, 0.6) is 5.75 Å². The van der Waals surface area contributed by atoms with Gasteiger partial charge in [0.05, 0.1) is 18.1 Å². The molecular formula is C16H22N2O5. The summed E-state index contributed by atoms with van der Waals surface area (Å²) in [4.78, 5) is 25.6. The molecule has 3 N–H and O–H groups in total. The van der Waals surface area contributed by atoms with E-state index in [1.807, 2.05) is 6.92 Å². The quantitative estimate of drug-likeness (QED) is 0.571. The number of carbonyl (C=O) groups is 2. The van der Waals surface area contributed by atoms with Crippen molar-refractivity contribution in [3.63, 3.8) is 0 Å². The van der Waals surface area contributed by atoms with Crippen molar-refractivity contribution in [2.75, 3.05) is 6.61 Å². The zero-order chi connectivity index (χ0) is 17.2. The predicted octanol–water partition coefficient (Wildman–Crippen LogP) is 1.08. The van der Waals surface area contributed by atoms with Gasteiger partial charge < -0.3 is 14.7 Å². The lowest BCUT2D eigenvalue weighted by molar-refractivity contribution is -0.138. The Labute approximate surface area is 134 Å². The molecule has 1 aliphatic heterocycles. The van der Waals surface area contributed by atoms with Gasteiger partial charge in [0.1, 0.15) is 12.4 Å². The van der Waals surface area contributed by atoms with Gasteiger partial charge in [-0.05, 0) is 32.9 Å². The average Bonchev–Trinajstić information content (AvgIpc) is 2.63. The van der Waals surface area contributed by atoms with Crippen LogP contribution in [-0.2, 0) is 11.3 Å².